The molecule has 2 nitrogen and oxygen atoms in total. The second-order valence-corrected chi connectivity index (χ2v) is 5.36. The minimum absolute atomic E-state index is 0.316. The van der Waals surface area contributed by atoms with Gasteiger partial charge in [0.05, 0.1) is 0 Å². The van der Waals surface area contributed by atoms with Crippen molar-refractivity contribution < 1.29 is 0 Å². The Morgan fingerprint density at radius 1 is 1.18 bits per heavy atom. The molecule has 0 saturated heterocycles. The molecule has 1 saturated carbocycles. The zero-order valence-corrected chi connectivity index (χ0v) is 11.0. The van der Waals surface area contributed by atoms with Crippen molar-refractivity contribution in [2.45, 2.75) is 51.6 Å². The van der Waals surface area contributed by atoms with Crippen molar-refractivity contribution in [1.29, 1.82) is 0 Å². The Hall–Kier alpha value is -0.860. The number of nitrogens with one attached hydrogen (secondary N) is 1. The molecule has 1 aliphatic carbocycles. The molecule has 1 aromatic carbocycles. The molecule has 1 aromatic rings. The zero-order valence-electron chi connectivity index (χ0n) is 11.0. The molecule has 1 atom stereocenters. The zero-order chi connectivity index (χ0) is 12.3. The molecule has 2 rings (SSSR count). The average Bonchev–Trinajstić information content (AvgIpc) is 2.77. The number of aryl methyl sites for hydroxylation is 2. The highest BCUT2D eigenvalue weighted by atomic mass is 15.0. The molecule has 3 N–H and O–H groups in total. The maximum atomic E-state index is 5.92. The molecule has 0 aliphatic heterocycles. The van der Waals surface area contributed by atoms with Gasteiger partial charge in [0.15, 0.2) is 0 Å². The fraction of sp³-hybridized carbons (Fsp3) is 0.600. The van der Waals surface area contributed by atoms with Crippen molar-refractivity contribution in [2.24, 2.45) is 5.73 Å². The Kier molecular flexibility index (Phi) is 4.19. The molecule has 0 spiro atoms. The first kappa shape index (κ1) is 12.6. The van der Waals surface area contributed by atoms with E-state index in [0.29, 0.717) is 18.6 Å². The van der Waals surface area contributed by atoms with Crippen molar-refractivity contribution in [3.8, 4) is 0 Å². The highest BCUT2D eigenvalue weighted by Crippen LogP contribution is 2.23. The van der Waals surface area contributed by atoms with Crippen LogP contribution in [0.2, 0.25) is 0 Å². The van der Waals surface area contributed by atoms with E-state index < -0.39 is 0 Å². The second kappa shape index (κ2) is 5.65. The fourth-order valence-corrected chi connectivity index (χ4v) is 2.89. The molecule has 0 bridgehead atoms. The van der Waals surface area contributed by atoms with Gasteiger partial charge in [-0.3, -0.25) is 0 Å². The predicted octanol–water partition coefficient (Wildman–Crippen LogP) is 2.84. The van der Waals surface area contributed by atoms with Gasteiger partial charge in [-0.15, -0.1) is 0 Å². The van der Waals surface area contributed by atoms with Crippen molar-refractivity contribution in [3.05, 3.63) is 34.9 Å². The van der Waals surface area contributed by atoms with Gasteiger partial charge >= 0.3 is 0 Å². The maximum Gasteiger partial charge on any atom is 0.0446 e. The topological polar surface area (TPSA) is 38.0 Å². The summed E-state index contributed by atoms with van der Waals surface area (Å²) in [5.41, 5.74) is 9.92. The summed E-state index contributed by atoms with van der Waals surface area (Å²) in [5.74, 6) is 0. The maximum absolute atomic E-state index is 5.92. The van der Waals surface area contributed by atoms with Crippen LogP contribution in [-0.4, -0.2) is 12.6 Å². The number of nitrogens with two attached hydrogens (primary N) is 1. The van der Waals surface area contributed by atoms with E-state index in [0.717, 1.165) is 0 Å². The molecular weight excluding hydrogens is 208 g/mol. The lowest BCUT2D eigenvalue weighted by atomic mass is 10.0. The van der Waals surface area contributed by atoms with Crippen LogP contribution in [0.3, 0.4) is 0 Å². The minimum Gasteiger partial charge on any atom is -0.329 e. The molecule has 1 aliphatic rings. The van der Waals surface area contributed by atoms with Crippen molar-refractivity contribution in [3.63, 3.8) is 0 Å². The Balaban J connectivity index is 2.10. The summed E-state index contributed by atoms with van der Waals surface area (Å²) in [7, 11) is 0. The van der Waals surface area contributed by atoms with Crippen LogP contribution in [-0.2, 0) is 0 Å². The van der Waals surface area contributed by atoms with Crippen molar-refractivity contribution >= 4 is 0 Å². The van der Waals surface area contributed by atoms with E-state index in [1.165, 1.54) is 42.4 Å². The standard InChI is InChI=1S/C15H24N2/c1-11-7-12(2)9-13(8-11)15(10-16)17-14-5-3-4-6-14/h7-9,14-15,17H,3-6,10,16H2,1-2H3. The van der Waals surface area contributed by atoms with Crippen LogP contribution in [0.5, 0.6) is 0 Å². The van der Waals surface area contributed by atoms with E-state index in [2.05, 4.69) is 37.4 Å². The summed E-state index contributed by atoms with van der Waals surface area (Å²) < 4.78 is 0. The van der Waals surface area contributed by atoms with Crippen LogP contribution in [0, 0.1) is 13.8 Å². The summed E-state index contributed by atoms with van der Waals surface area (Å²) in [4.78, 5) is 0. The Labute approximate surface area is 105 Å². The van der Waals surface area contributed by atoms with Crippen LogP contribution in [0.1, 0.15) is 48.4 Å². The van der Waals surface area contributed by atoms with E-state index in [4.69, 9.17) is 5.73 Å². The molecule has 0 aromatic heterocycles. The number of benzene rings is 1. The van der Waals surface area contributed by atoms with E-state index >= 15 is 0 Å². The normalized spacial score (nSPS) is 18.5. The molecule has 2 heteroatoms. The van der Waals surface area contributed by atoms with Crippen LogP contribution in [0.15, 0.2) is 18.2 Å². The van der Waals surface area contributed by atoms with Gasteiger partial charge in [0.2, 0.25) is 0 Å². The van der Waals surface area contributed by atoms with E-state index in [-0.39, 0.29) is 0 Å². The summed E-state index contributed by atoms with van der Waals surface area (Å²) in [6, 6.07) is 7.71. The minimum atomic E-state index is 0.316. The molecule has 0 radical (unpaired) electrons. The third-order valence-electron chi connectivity index (χ3n) is 3.67. The smallest absolute Gasteiger partial charge is 0.0446 e. The van der Waals surface area contributed by atoms with E-state index in [1.54, 1.807) is 0 Å². The number of hydrogen-bond donors (Lipinski definition) is 2. The summed E-state index contributed by atoms with van der Waals surface area (Å²) >= 11 is 0. The van der Waals surface area contributed by atoms with E-state index in [9.17, 15) is 0 Å². The third-order valence-corrected chi connectivity index (χ3v) is 3.67. The van der Waals surface area contributed by atoms with Gasteiger partial charge < -0.3 is 11.1 Å². The molecule has 17 heavy (non-hydrogen) atoms. The molecule has 94 valence electrons. The van der Waals surface area contributed by atoms with Gasteiger partial charge in [0, 0.05) is 18.6 Å². The van der Waals surface area contributed by atoms with Gasteiger partial charge in [0.1, 0.15) is 0 Å². The first-order chi connectivity index (χ1) is 8.19. The first-order valence-electron chi connectivity index (χ1n) is 6.73. The Morgan fingerprint density at radius 2 is 1.76 bits per heavy atom. The fourth-order valence-electron chi connectivity index (χ4n) is 2.89. The predicted molar refractivity (Wildman–Crippen MR) is 73.1 cm³/mol. The second-order valence-electron chi connectivity index (χ2n) is 5.36. The largest absolute Gasteiger partial charge is 0.329 e. The van der Waals surface area contributed by atoms with Gasteiger partial charge in [0.25, 0.3) is 0 Å². The molecule has 1 fully saturated rings. The number of hydrogen-bond acceptors (Lipinski definition) is 2. The summed E-state index contributed by atoms with van der Waals surface area (Å²) in [5, 5.41) is 3.71. The van der Waals surface area contributed by atoms with Crippen molar-refractivity contribution in [2.75, 3.05) is 6.54 Å². The lowest BCUT2D eigenvalue weighted by Gasteiger charge is -2.22. The lowest BCUT2D eigenvalue weighted by molar-refractivity contribution is 0.444. The number of rotatable bonds is 4. The Bertz CT molecular complexity index is 347. The Morgan fingerprint density at radius 3 is 2.29 bits per heavy atom. The molecular formula is C15H24N2. The third kappa shape index (κ3) is 3.30. The van der Waals surface area contributed by atoms with Gasteiger partial charge in [-0.05, 0) is 32.3 Å². The highest BCUT2D eigenvalue weighted by Gasteiger charge is 2.19. The highest BCUT2D eigenvalue weighted by molar-refractivity contribution is 5.31. The molecule has 0 amide bonds. The van der Waals surface area contributed by atoms with Crippen LogP contribution < -0.4 is 11.1 Å². The van der Waals surface area contributed by atoms with Crippen LogP contribution >= 0.6 is 0 Å². The molecule has 0 heterocycles. The lowest BCUT2D eigenvalue weighted by Crippen LogP contribution is -2.35. The van der Waals surface area contributed by atoms with Gasteiger partial charge in [-0.25, -0.2) is 0 Å². The monoisotopic (exact) mass is 232 g/mol. The van der Waals surface area contributed by atoms with E-state index in [1.807, 2.05) is 0 Å². The molecule has 1 unspecified atom stereocenters. The first-order valence-corrected chi connectivity index (χ1v) is 6.73. The van der Waals surface area contributed by atoms with Gasteiger partial charge in [-0.1, -0.05) is 42.2 Å². The SMILES string of the molecule is Cc1cc(C)cc(C(CN)NC2CCCC2)c1. The van der Waals surface area contributed by atoms with Crippen LogP contribution in [0.4, 0.5) is 0 Å². The average molecular weight is 232 g/mol. The van der Waals surface area contributed by atoms with Crippen molar-refractivity contribution in [1.82, 2.24) is 5.32 Å². The quantitative estimate of drug-likeness (QED) is 0.837. The van der Waals surface area contributed by atoms with Crippen LogP contribution in [0.25, 0.3) is 0 Å². The van der Waals surface area contributed by atoms with Gasteiger partial charge in [-0.2, -0.15) is 0 Å². The summed E-state index contributed by atoms with van der Waals surface area (Å²) in [6.45, 7) is 4.98. The summed E-state index contributed by atoms with van der Waals surface area (Å²) in [6.07, 6.45) is 5.34.